The van der Waals surface area contributed by atoms with Gasteiger partial charge in [-0.15, -0.1) is 35.3 Å². The van der Waals surface area contributed by atoms with Crippen LogP contribution in [-0.4, -0.2) is 24.2 Å². The number of hydrogen-bond donors (Lipinski definition) is 2. The van der Waals surface area contributed by atoms with Crippen molar-refractivity contribution in [3.8, 4) is 11.5 Å². The Morgan fingerprint density at radius 2 is 2.08 bits per heavy atom. The maximum absolute atomic E-state index is 5.97. The topological polar surface area (TPSA) is 81.8 Å². The van der Waals surface area contributed by atoms with E-state index in [4.69, 9.17) is 15.2 Å². The van der Waals surface area contributed by atoms with Crippen LogP contribution in [0.1, 0.15) is 36.9 Å². The Kier molecular flexibility index (Phi) is 7.30. The van der Waals surface area contributed by atoms with E-state index < -0.39 is 0 Å². The third-order valence-corrected chi connectivity index (χ3v) is 4.42. The Hall–Kier alpha value is -1.55. The molecule has 0 atom stereocenters. The molecule has 3 N–H and O–H groups in total. The number of aliphatic imine (C=N–C) groups is 1. The number of hydrogen-bond acceptors (Lipinski definition) is 5. The lowest BCUT2D eigenvalue weighted by Crippen LogP contribution is -2.22. The summed E-state index contributed by atoms with van der Waals surface area (Å²) in [5.74, 6) is 2.27. The smallest absolute Gasteiger partial charge is 0.193 e. The van der Waals surface area contributed by atoms with Gasteiger partial charge in [0.05, 0.1) is 25.5 Å². The number of guanidine groups is 1. The Labute approximate surface area is 168 Å². The summed E-state index contributed by atoms with van der Waals surface area (Å²) >= 11 is 1.61. The highest BCUT2D eigenvalue weighted by molar-refractivity contribution is 14.0. The summed E-state index contributed by atoms with van der Waals surface area (Å²) in [5, 5.41) is 6.11. The molecule has 0 saturated carbocycles. The third kappa shape index (κ3) is 5.46. The van der Waals surface area contributed by atoms with Gasteiger partial charge in [-0.3, -0.25) is 0 Å². The van der Waals surface area contributed by atoms with E-state index in [2.05, 4.69) is 34.5 Å². The summed E-state index contributed by atoms with van der Waals surface area (Å²) in [4.78, 5) is 8.90. The first-order valence-electron chi connectivity index (χ1n) is 8.02. The summed E-state index contributed by atoms with van der Waals surface area (Å²) in [6.07, 6.45) is 0.882. The summed E-state index contributed by atoms with van der Waals surface area (Å²) in [7, 11) is 0. The van der Waals surface area contributed by atoms with Crippen molar-refractivity contribution in [1.82, 2.24) is 4.98 Å². The lowest BCUT2D eigenvalue weighted by Gasteiger charge is -2.10. The van der Waals surface area contributed by atoms with Gasteiger partial charge in [0, 0.05) is 23.6 Å². The number of ether oxygens (including phenoxy) is 2. The van der Waals surface area contributed by atoms with E-state index in [0.717, 1.165) is 34.3 Å². The number of aromatic nitrogens is 1. The maximum Gasteiger partial charge on any atom is 0.193 e. The Bertz CT molecular complexity index is 733. The minimum Gasteiger partial charge on any atom is -0.490 e. The van der Waals surface area contributed by atoms with Gasteiger partial charge in [0.25, 0.3) is 0 Å². The molecular weight excluding hydrogens is 451 g/mol. The second kappa shape index (κ2) is 9.23. The molecule has 1 aromatic heterocycles. The molecule has 2 heterocycles. The first-order valence-corrected chi connectivity index (χ1v) is 8.90. The molecule has 0 bridgehead atoms. The normalized spacial score (nSPS) is 14.0. The number of nitrogens with zero attached hydrogens (tertiary/aromatic N) is 2. The van der Waals surface area contributed by atoms with Gasteiger partial charge in [-0.2, -0.15) is 0 Å². The molecule has 0 unspecified atom stereocenters. The van der Waals surface area contributed by atoms with E-state index in [0.29, 0.717) is 31.6 Å². The van der Waals surface area contributed by atoms with Crippen LogP contribution in [0.3, 0.4) is 0 Å². The van der Waals surface area contributed by atoms with E-state index in [1.165, 1.54) is 0 Å². The lowest BCUT2D eigenvalue weighted by molar-refractivity contribution is 0.297. The minimum absolute atomic E-state index is 0. The molecule has 1 aliphatic rings. The number of rotatable bonds is 4. The van der Waals surface area contributed by atoms with Crippen LogP contribution in [0.2, 0.25) is 0 Å². The lowest BCUT2D eigenvalue weighted by atomic mass is 10.2. The predicted molar refractivity (Wildman–Crippen MR) is 113 cm³/mol. The Morgan fingerprint density at radius 1 is 1.32 bits per heavy atom. The Morgan fingerprint density at radius 3 is 2.80 bits per heavy atom. The molecular formula is C17H23IN4O2S. The fourth-order valence-electron chi connectivity index (χ4n) is 2.24. The second-order valence-corrected chi connectivity index (χ2v) is 6.80. The highest BCUT2D eigenvalue weighted by Crippen LogP contribution is 2.32. The van der Waals surface area contributed by atoms with E-state index >= 15 is 0 Å². The van der Waals surface area contributed by atoms with Crippen LogP contribution in [-0.2, 0) is 6.54 Å². The molecule has 3 rings (SSSR count). The molecule has 0 fully saturated rings. The van der Waals surface area contributed by atoms with Crippen LogP contribution in [0.15, 0.2) is 28.6 Å². The second-order valence-electron chi connectivity index (χ2n) is 5.86. The molecule has 0 aliphatic carbocycles. The number of anilines is 1. The predicted octanol–water partition coefficient (Wildman–Crippen LogP) is 3.97. The van der Waals surface area contributed by atoms with Crippen molar-refractivity contribution in [3.05, 3.63) is 34.3 Å². The van der Waals surface area contributed by atoms with Crippen molar-refractivity contribution in [3.63, 3.8) is 0 Å². The molecule has 0 radical (unpaired) electrons. The number of thiazole rings is 1. The van der Waals surface area contributed by atoms with Gasteiger partial charge in [0.2, 0.25) is 0 Å². The van der Waals surface area contributed by atoms with Crippen LogP contribution in [0.25, 0.3) is 0 Å². The van der Waals surface area contributed by atoms with Crippen molar-refractivity contribution in [2.45, 2.75) is 32.7 Å². The fourth-order valence-corrected chi connectivity index (χ4v) is 3.12. The number of nitrogens with one attached hydrogen (secondary N) is 1. The van der Waals surface area contributed by atoms with Crippen molar-refractivity contribution in [1.29, 1.82) is 0 Å². The van der Waals surface area contributed by atoms with Crippen LogP contribution in [0.5, 0.6) is 11.5 Å². The average molecular weight is 474 g/mol. The molecule has 2 aromatic rings. The average Bonchev–Trinajstić information content (AvgIpc) is 2.92. The molecule has 6 nitrogen and oxygen atoms in total. The maximum atomic E-state index is 5.97. The number of halogens is 1. The van der Waals surface area contributed by atoms with Gasteiger partial charge in [-0.1, -0.05) is 13.8 Å². The molecule has 1 aromatic carbocycles. The van der Waals surface area contributed by atoms with E-state index in [-0.39, 0.29) is 24.0 Å². The standard InChI is InChI=1S/C17H22N4O2S.HI/c1-11(2)13-10-24-16(21-13)9-19-17(18)20-12-4-5-14-15(8-12)23-7-3-6-22-14;/h4-5,8,10-11H,3,6-7,9H2,1-2H3,(H3,18,19,20);1H. The largest absolute Gasteiger partial charge is 0.490 e. The fraction of sp³-hybridized carbons (Fsp3) is 0.412. The molecule has 8 heteroatoms. The van der Waals surface area contributed by atoms with Gasteiger partial charge in [-0.25, -0.2) is 9.98 Å². The summed E-state index contributed by atoms with van der Waals surface area (Å²) < 4.78 is 11.3. The van der Waals surface area contributed by atoms with Gasteiger partial charge in [0.1, 0.15) is 5.01 Å². The van der Waals surface area contributed by atoms with Gasteiger partial charge in [0.15, 0.2) is 17.5 Å². The molecule has 136 valence electrons. The Balaban J connectivity index is 0.00000225. The highest BCUT2D eigenvalue weighted by atomic mass is 127. The SMILES string of the molecule is CC(C)c1csc(CN=C(N)Nc2ccc3c(c2)OCCCO3)n1.I. The van der Waals surface area contributed by atoms with Crippen LogP contribution >= 0.6 is 35.3 Å². The van der Waals surface area contributed by atoms with E-state index in [1.807, 2.05) is 18.2 Å². The molecule has 25 heavy (non-hydrogen) atoms. The highest BCUT2D eigenvalue weighted by Gasteiger charge is 2.11. The van der Waals surface area contributed by atoms with Gasteiger partial charge >= 0.3 is 0 Å². The molecule has 0 saturated heterocycles. The summed E-state index contributed by atoms with van der Waals surface area (Å²) in [5.41, 5.74) is 7.89. The van der Waals surface area contributed by atoms with Gasteiger partial charge < -0.3 is 20.5 Å². The number of benzene rings is 1. The van der Waals surface area contributed by atoms with Crippen LogP contribution < -0.4 is 20.5 Å². The minimum atomic E-state index is 0. The number of fused-ring (bicyclic) bond motifs is 1. The quantitative estimate of drug-likeness (QED) is 0.398. The third-order valence-electron chi connectivity index (χ3n) is 3.57. The molecule has 0 amide bonds. The number of nitrogens with two attached hydrogens (primary N) is 1. The van der Waals surface area contributed by atoms with Crippen LogP contribution in [0.4, 0.5) is 5.69 Å². The monoisotopic (exact) mass is 474 g/mol. The molecule has 1 aliphatic heterocycles. The zero-order chi connectivity index (χ0) is 16.9. The van der Waals surface area contributed by atoms with E-state index in [9.17, 15) is 0 Å². The van der Waals surface area contributed by atoms with Crippen molar-refractivity contribution in [2.24, 2.45) is 10.7 Å². The van der Waals surface area contributed by atoms with E-state index in [1.54, 1.807) is 11.3 Å². The van der Waals surface area contributed by atoms with Crippen molar-refractivity contribution in [2.75, 3.05) is 18.5 Å². The zero-order valence-electron chi connectivity index (χ0n) is 14.3. The van der Waals surface area contributed by atoms with Crippen molar-refractivity contribution < 1.29 is 9.47 Å². The summed E-state index contributed by atoms with van der Waals surface area (Å²) in [6.45, 7) is 6.06. The first kappa shape index (κ1) is 19.8. The zero-order valence-corrected chi connectivity index (χ0v) is 17.5. The van der Waals surface area contributed by atoms with Gasteiger partial charge in [-0.05, 0) is 18.1 Å². The van der Waals surface area contributed by atoms with Crippen molar-refractivity contribution >= 4 is 47.0 Å². The summed E-state index contributed by atoms with van der Waals surface area (Å²) in [6, 6.07) is 5.66. The van der Waals surface area contributed by atoms with Crippen LogP contribution in [0, 0.1) is 0 Å². The molecule has 0 spiro atoms. The first-order chi connectivity index (χ1) is 11.6.